The van der Waals surface area contributed by atoms with Gasteiger partial charge in [-0.25, -0.2) is 0 Å². The minimum atomic E-state index is 0.203. The molecule has 0 aromatic rings. The zero-order valence-corrected chi connectivity index (χ0v) is 13.8. The Kier molecular flexibility index (Phi) is 4.90. The van der Waals surface area contributed by atoms with E-state index in [1.807, 2.05) is 0 Å². The third-order valence-electron chi connectivity index (χ3n) is 5.32. The number of thioether (sulfide) groups is 1. The van der Waals surface area contributed by atoms with E-state index in [1.165, 1.54) is 37.2 Å². The zero-order valence-electron chi connectivity index (χ0n) is 12.2. The van der Waals surface area contributed by atoms with Crippen molar-refractivity contribution in [1.29, 1.82) is 0 Å². The van der Waals surface area contributed by atoms with E-state index >= 15 is 0 Å². The second kappa shape index (κ2) is 6.51. The molecule has 3 saturated heterocycles. The van der Waals surface area contributed by atoms with Crippen molar-refractivity contribution in [3.8, 4) is 0 Å². The largest absolute Gasteiger partial charge is 0.393 e. The summed E-state index contributed by atoms with van der Waals surface area (Å²) >= 11 is 7.23. The molecule has 0 bridgehead atoms. The Morgan fingerprint density at radius 1 is 1.20 bits per heavy atom. The molecule has 0 aliphatic carbocycles. The van der Waals surface area contributed by atoms with Crippen LogP contribution in [0.25, 0.3) is 0 Å². The summed E-state index contributed by atoms with van der Waals surface area (Å²) in [5.41, 5.74) is 6.00. The molecule has 114 valence electrons. The third kappa shape index (κ3) is 3.32. The van der Waals surface area contributed by atoms with Crippen LogP contribution in [0.5, 0.6) is 0 Å². The fourth-order valence-corrected chi connectivity index (χ4v) is 5.43. The molecule has 0 aromatic heterocycles. The molecule has 3 rings (SSSR count). The number of hydrogen-bond acceptors (Lipinski definition) is 4. The van der Waals surface area contributed by atoms with E-state index in [4.69, 9.17) is 22.7 Å². The highest BCUT2D eigenvalue weighted by atomic mass is 32.2. The molecule has 2 N–H and O–H groups in total. The first-order chi connectivity index (χ1) is 9.69. The van der Waals surface area contributed by atoms with E-state index in [-0.39, 0.29) is 5.60 Å². The number of ether oxygens (including phenoxy) is 1. The lowest BCUT2D eigenvalue weighted by Gasteiger charge is -2.47. The summed E-state index contributed by atoms with van der Waals surface area (Å²) in [4.78, 5) is 3.40. The van der Waals surface area contributed by atoms with Crippen molar-refractivity contribution >= 4 is 29.0 Å². The molecule has 3 aliphatic rings. The van der Waals surface area contributed by atoms with Gasteiger partial charge < -0.3 is 15.4 Å². The highest BCUT2D eigenvalue weighted by Gasteiger charge is 2.41. The minimum Gasteiger partial charge on any atom is -0.393 e. The average Bonchev–Trinajstić information content (AvgIpc) is 2.48. The van der Waals surface area contributed by atoms with Gasteiger partial charge in [-0.2, -0.15) is 11.8 Å². The minimum absolute atomic E-state index is 0.203. The molecule has 0 amide bonds. The summed E-state index contributed by atoms with van der Waals surface area (Å²) < 4.78 is 6.21. The molecule has 0 aromatic carbocycles. The van der Waals surface area contributed by atoms with E-state index in [2.05, 4.69) is 16.7 Å². The Morgan fingerprint density at radius 3 is 2.55 bits per heavy atom. The smallest absolute Gasteiger partial charge is 0.0759 e. The Bertz CT molecular complexity index is 344. The van der Waals surface area contributed by atoms with Crippen molar-refractivity contribution in [3.05, 3.63) is 0 Å². The van der Waals surface area contributed by atoms with Crippen molar-refractivity contribution in [2.24, 2.45) is 11.7 Å². The number of likely N-dealkylation sites (tertiary alicyclic amines) is 1. The van der Waals surface area contributed by atoms with Crippen LogP contribution in [-0.2, 0) is 4.74 Å². The molecule has 3 fully saturated rings. The maximum absolute atomic E-state index is 6.21. The van der Waals surface area contributed by atoms with Crippen LogP contribution in [0.3, 0.4) is 0 Å². The van der Waals surface area contributed by atoms with E-state index in [0.29, 0.717) is 5.92 Å². The number of rotatable bonds is 2. The lowest BCUT2D eigenvalue weighted by atomic mass is 9.83. The third-order valence-corrected chi connectivity index (χ3v) is 6.64. The van der Waals surface area contributed by atoms with Crippen LogP contribution in [0.2, 0.25) is 0 Å². The SMILES string of the molecule is NC(=S)C1CCN(C2CCOC3(CCSCC3)C2)CC1. The number of piperidine rings is 1. The average molecular weight is 315 g/mol. The van der Waals surface area contributed by atoms with E-state index < -0.39 is 0 Å². The normalized spacial score (nSPS) is 32.3. The Balaban J connectivity index is 1.56. The summed E-state index contributed by atoms with van der Waals surface area (Å²) in [6.07, 6.45) is 7.23. The Hall–Kier alpha value is 0.160. The topological polar surface area (TPSA) is 38.5 Å². The number of hydrogen-bond donors (Lipinski definition) is 1. The summed E-state index contributed by atoms with van der Waals surface area (Å²) in [6, 6.07) is 0.721. The van der Waals surface area contributed by atoms with Gasteiger partial charge in [-0.05, 0) is 63.1 Å². The fourth-order valence-electron chi connectivity index (χ4n) is 3.95. The quantitative estimate of drug-likeness (QED) is 0.793. The van der Waals surface area contributed by atoms with Gasteiger partial charge in [0.25, 0.3) is 0 Å². The number of nitrogens with zero attached hydrogens (tertiary/aromatic N) is 1. The molecule has 20 heavy (non-hydrogen) atoms. The highest BCUT2D eigenvalue weighted by Crippen LogP contribution is 2.39. The molecule has 1 unspecified atom stereocenters. The monoisotopic (exact) mass is 314 g/mol. The molecule has 1 spiro atoms. The molecular formula is C15H26N2OS2. The van der Waals surface area contributed by atoms with Crippen LogP contribution in [0, 0.1) is 5.92 Å². The molecule has 0 saturated carbocycles. The van der Waals surface area contributed by atoms with Gasteiger partial charge >= 0.3 is 0 Å². The number of nitrogens with two attached hydrogens (primary N) is 1. The molecule has 3 heterocycles. The van der Waals surface area contributed by atoms with Crippen LogP contribution in [0.4, 0.5) is 0 Å². The van der Waals surface area contributed by atoms with Gasteiger partial charge in [0.15, 0.2) is 0 Å². The van der Waals surface area contributed by atoms with Gasteiger partial charge in [0.05, 0.1) is 10.6 Å². The van der Waals surface area contributed by atoms with Crippen LogP contribution < -0.4 is 5.73 Å². The summed E-state index contributed by atoms with van der Waals surface area (Å²) in [5.74, 6) is 3.02. The molecule has 0 radical (unpaired) electrons. The second-order valence-electron chi connectivity index (χ2n) is 6.50. The molecule has 1 atom stereocenters. The Morgan fingerprint density at radius 2 is 1.90 bits per heavy atom. The van der Waals surface area contributed by atoms with Crippen molar-refractivity contribution < 1.29 is 4.74 Å². The van der Waals surface area contributed by atoms with E-state index in [9.17, 15) is 0 Å². The van der Waals surface area contributed by atoms with Crippen molar-refractivity contribution in [3.63, 3.8) is 0 Å². The van der Waals surface area contributed by atoms with Crippen molar-refractivity contribution in [1.82, 2.24) is 4.90 Å². The standard InChI is InChI=1S/C15H26N2OS2/c16-14(19)12-1-6-17(7-2-12)13-3-8-18-15(11-13)4-9-20-10-5-15/h12-13H,1-11H2,(H2,16,19). The zero-order chi connectivity index (χ0) is 14.0. The summed E-state index contributed by atoms with van der Waals surface area (Å²) in [6.45, 7) is 3.28. The van der Waals surface area contributed by atoms with Gasteiger partial charge in [0.1, 0.15) is 0 Å². The molecule has 5 heteroatoms. The van der Waals surface area contributed by atoms with Crippen molar-refractivity contribution in [2.45, 2.75) is 50.2 Å². The highest BCUT2D eigenvalue weighted by molar-refractivity contribution is 7.99. The van der Waals surface area contributed by atoms with E-state index in [0.717, 1.165) is 43.6 Å². The van der Waals surface area contributed by atoms with Gasteiger partial charge in [-0.15, -0.1) is 0 Å². The van der Waals surface area contributed by atoms with Crippen LogP contribution in [-0.4, -0.2) is 52.7 Å². The maximum atomic E-state index is 6.21. The lowest BCUT2D eigenvalue weighted by molar-refractivity contribution is -0.112. The predicted octanol–water partition coefficient (Wildman–Crippen LogP) is 2.43. The lowest BCUT2D eigenvalue weighted by Crippen LogP contribution is -2.52. The van der Waals surface area contributed by atoms with Crippen LogP contribution in [0.1, 0.15) is 38.5 Å². The maximum Gasteiger partial charge on any atom is 0.0759 e. The predicted molar refractivity (Wildman–Crippen MR) is 89.3 cm³/mol. The van der Waals surface area contributed by atoms with Gasteiger partial charge in [0, 0.05) is 18.6 Å². The second-order valence-corrected chi connectivity index (χ2v) is 8.20. The van der Waals surface area contributed by atoms with E-state index in [1.54, 1.807) is 0 Å². The molecular weight excluding hydrogens is 288 g/mol. The Labute approximate surface area is 132 Å². The van der Waals surface area contributed by atoms with Gasteiger partial charge in [-0.1, -0.05) is 12.2 Å². The first kappa shape index (κ1) is 15.1. The molecule has 3 aliphatic heterocycles. The van der Waals surface area contributed by atoms with Crippen LogP contribution in [0.15, 0.2) is 0 Å². The first-order valence-corrected chi connectivity index (χ1v) is 9.50. The first-order valence-electron chi connectivity index (χ1n) is 7.94. The van der Waals surface area contributed by atoms with Gasteiger partial charge in [-0.3, -0.25) is 0 Å². The summed E-state index contributed by atoms with van der Waals surface area (Å²) in [7, 11) is 0. The molecule has 3 nitrogen and oxygen atoms in total. The summed E-state index contributed by atoms with van der Waals surface area (Å²) in [5, 5.41) is 0. The van der Waals surface area contributed by atoms with Gasteiger partial charge in [0.2, 0.25) is 0 Å². The van der Waals surface area contributed by atoms with Crippen LogP contribution >= 0.6 is 24.0 Å². The van der Waals surface area contributed by atoms with Crippen molar-refractivity contribution in [2.75, 3.05) is 31.2 Å². The fraction of sp³-hybridized carbons (Fsp3) is 0.933. The number of thiocarbonyl (C=S) groups is 1.